The summed E-state index contributed by atoms with van der Waals surface area (Å²) in [5.74, 6) is -0.900. The average Bonchev–Trinajstić information content (AvgIpc) is 2.67. The van der Waals surface area contributed by atoms with E-state index >= 15 is 0 Å². The van der Waals surface area contributed by atoms with Gasteiger partial charge < -0.3 is 10.4 Å². The van der Waals surface area contributed by atoms with Crippen LogP contribution in [0.5, 0.6) is 0 Å². The number of anilines is 2. The van der Waals surface area contributed by atoms with Crippen molar-refractivity contribution in [2.75, 3.05) is 5.32 Å². The van der Waals surface area contributed by atoms with Crippen LogP contribution >= 0.6 is 11.3 Å². The molecule has 0 unspecified atom stereocenters. The van der Waals surface area contributed by atoms with Crippen LogP contribution in [0.4, 0.5) is 11.4 Å². The van der Waals surface area contributed by atoms with Gasteiger partial charge in [-0.05, 0) is 23.6 Å². The largest absolute Gasteiger partial charge is 0.477 e. The Balaban J connectivity index is 2.25. The fourth-order valence-electron chi connectivity index (χ4n) is 1.25. The molecule has 0 fully saturated rings. The topological polar surface area (TPSA) is 49.3 Å². The van der Waals surface area contributed by atoms with Crippen LogP contribution in [-0.4, -0.2) is 11.1 Å². The van der Waals surface area contributed by atoms with Crippen molar-refractivity contribution in [3.05, 3.63) is 46.7 Å². The predicted octanol–water partition coefficient (Wildman–Crippen LogP) is 3.19. The second-order valence-corrected chi connectivity index (χ2v) is 3.88. The molecule has 0 atom stereocenters. The van der Waals surface area contributed by atoms with Crippen LogP contribution < -0.4 is 5.32 Å². The molecule has 1 aromatic heterocycles. The summed E-state index contributed by atoms with van der Waals surface area (Å²) in [6.45, 7) is 0. The Morgan fingerprint density at radius 2 is 1.93 bits per heavy atom. The second-order valence-electron chi connectivity index (χ2n) is 2.96. The van der Waals surface area contributed by atoms with Crippen molar-refractivity contribution < 1.29 is 9.90 Å². The van der Waals surface area contributed by atoms with Crippen LogP contribution in [0.2, 0.25) is 0 Å². The lowest BCUT2D eigenvalue weighted by molar-refractivity contribution is 0.0703. The van der Waals surface area contributed by atoms with Gasteiger partial charge in [-0.2, -0.15) is 0 Å². The molecule has 0 bridgehead atoms. The van der Waals surface area contributed by atoms with Crippen LogP contribution in [-0.2, 0) is 0 Å². The van der Waals surface area contributed by atoms with Crippen molar-refractivity contribution in [2.45, 2.75) is 0 Å². The van der Waals surface area contributed by atoms with Crippen molar-refractivity contribution >= 4 is 28.7 Å². The van der Waals surface area contributed by atoms with Gasteiger partial charge in [-0.15, -0.1) is 11.3 Å². The number of benzene rings is 1. The van der Waals surface area contributed by atoms with E-state index in [4.69, 9.17) is 5.11 Å². The molecule has 0 radical (unpaired) electrons. The van der Waals surface area contributed by atoms with Gasteiger partial charge in [0.05, 0.1) is 5.69 Å². The molecule has 3 nitrogen and oxygen atoms in total. The number of carbonyl (C=O) groups is 1. The second kappa shape index (κ2) is 4.14. The van der Waals surface area contributed by atoms with Gasteiger partial charge >= 0.3 is 5.97 Å². The number of rotatable bonds is 3. The highest BCUT2D eigenvalue weighted by molar-refractivity contribution is 7.12. The SMILES string of the molecule is O=C(O)c1sccc1Nc1ccccc1. The molecule has 76 valence electrons. The van der Waals surface area contributed by atoms with Crippen LogP contribution in [0.1, 0.15) is 9.67 Å². The number of para-hydroxylation sites is 1. The van der Waals surface area contributed by atoms with Crippen molar-refractivity contribution in [1.29, 1.82) is 0 Å². The Hall–Kier alpha value is -1.81. The minimum Gasteiger partial charge on any atom is -0.477 e. The normalized spacial score (nSPS) is 9.87. The van der Waals surface area contributed by atoms with Crippen LogP contribution in [0.3, 0.4) is 0 Å². The Bertz CT molecular complexity index is 464. The quantitative estimate of drug-likeness (QED) is 0.833. The van der Waals surface area contributed by atoms with Crippen LogP contribution in [0, 0.1) is 0 Å². The minimum absolute atomic E-state index is 0.332. The fourth-order valence-corrected chi connectivity index (χ4v) is 1.94. The molecule has 0 amide bonds. The molecule has 2 rings (SSSR count). The molecule has 1 aromatic carbocycles. The van der Waals surface area contributed by atoms with E-state index in [2.05, 4.69) is 5.32 Å². The van der Waals surface area contributed by atoms with Gasteiger partial charge in [0, 0.05) is 5.69 Å². The lowest BCUT2D eigenvalue weighted by atomic mass is 10.3. The predicted molar refractivity (Wildman–Crippen MR) is 61.0 cm³/mol. The average molecular weight is 219 g/mol. The third-order valence-electron chi connectivity index (χ3n) is 1.91. The summed E-state index contributed by atoms with van der Waals surface area (Å²) in [5, 5.41) is 13.7. The number of carboxylic acid groups (broad SMARTS) is 1. The summed E-state index contributed by atoms with van der Waals surface area (Å²) in [4.78, 5) is 11.2. The molecule has 0 saturated heterocycles. The highest BCUT2D eigenvalue weighted by Gasteiger charge is 2.10. The maximum absolute atomic E-state index is 10.8. The zero-order valence-electron chi connectivity index (χ0n) is 7.81. The Labute approximate surface area is 91.0 Å². The molecule has 1 heterocycles. The van der Waals surface area contributed by atoms with Gasteiger partial charge in [-0.3, -0.25) is 0 Å². The third-order valence-corrected chi connectivity index (χ3v) is 2.81. The lowest BCUT2D eigenvalue weighted by Gasteiger charge is -2.04. The van der Waals surface area contributed by atoms with Crippen LogP contribution in [0.25, 0.3) is 0 Å². The van der Waals surface area contributed by atoms with E-state index in [0.717, 1.165) is 5.69 Å². The molecular formula is C11H9NO2S. The first kappa shape index (κ1) is 9.73. The third kappa shape index (κ3) is 2.16. The summed E-state index contributed by atoms with van der Waals surface area (Å²) in [6, 6.07) is 11.3. The first-order chi connectivity index (χ1) is 7.27. The maximum Gasteiger partial charge on any atom is 0.348 e. The molecule has 0 aliphatic rings. The smallest absolute Gasteiger partial charge is 0.348 e. The molecule has 0 aliphatic heterocycles. The lowest BCUT2D eigenvalue weighted by Crippen LogP contribution is -1.97. The zero-order valence-corrected chi connectivity index (χ0v) is 8.62. The van der Waals surface area contributed by atoms with Crippen LogP contribution in [0.15, 0.2) is 41.8 Å². The van der Waals surface area contributed by atoms with E-state index < -0.39 is 5.97 Å². The highest BCUT2D eigenvalue weighted by atomic mass is 32.1. The Morgan fingerprint density at radius 1 is 1.20 bits per heavy atom. The number of aromatic carboxylic acids is 1. The van der Waals surface area contributed by atoms with E-state index in [0.29, 0.717) is 10.6 Å². The molecule has 15 heavy (non-hydrogen) atoms. The number of nitrogens with one attached hydrogen (secondary N) is 1. The zero-order chi connectivity index (χ0) is 10.7. The summed E-state index contributed by atoms with van der Waals surface area (Å²) in [5.41, 5.74) is 1.53. The van der Waals surface area contributed by atoms with Crippen molar-refractivity contribution in [3.8, 4) is 0 Å². The fraction of sp³-hybridized carbons (Fsp3) is 0. The summed E-state index contributed by atoms with van der Waals surface area (Å²) >= 11 is 1.21. The van der Waals surface area contributed by atoms with Gasteiger partial charge in [0.2, 0.25) is 0 Å². The maximum atomic E-state index is 10.8. The summed E-state index contributed by atoms with van der Waals surface area (Å²) in [6.07, 6.45) is 0. The first-order valence-corrected chi connectivity index (χ1v) is 5.28. The Kier molecular flexibility index (Phi) is 2.69. The van der Waals surface area contributed by atoms with E-state index in [1.165, 1.54) is 11.3 Å². The van der Waals surface area contributed by atoms with E-state index in [-0.39, 0.29) is 0 Å². The monoisotopic (exact) mass is 219 g/mol. The van der Waals surface area contributed by atoms with Gasteiger partial charge in [-0.1, -0.05) is 18.2 Å². The van der Waals surface area contributed by atoms with Gasteiger partial charge in [0.15, 0.2) is 0 Å². The van der Waals surface area contributed by atoms with E-state index in [1.807, 2.05) is 30.3 Å². The number of hydrogen-bond donors (Lipinski definition) is 2. The first-order valence-electron chi connectivity index (χ1n) is 4.40. The molecule has 2 aromatic rings. The van der Waals surface area contributed by atoms with E-state index in [9.17, 15) is 4.79 Å². The van der Waals surface area contributed by atoms with Gasteiger partial charge in [-0.25, -0.2) is 4.79 Å². The summed E-state index contributed by atoms with van der Waals surface area (Å²) < 4.78 is 0. The standard InChI is InChI=1S/C11H9NO2S/c13-11(14)10-9(6-7-15-10)12-8-4-2-1-3-5-8/h1-7,12H,(H,13,14). The molecule has 0 saturated carbocycles. The molecular weight excluding hydrogens is 210 g/mol. The van der Waals surface area contributed by atoms with Crippen molar-refractivity contribution in [2.24, 2.45) is 0 Å². The molecule has 0 spiro atoms. The number of hydrogen-bond acceptors (Lipinski definition) is 3. The van der Waals surface area contributed by atoms with Gasteiger partial charge in [0.1, 0.15) is 4.88 Å². The number of carboxylic acids is 1. The number of thiophene rings is 1. The van der Waals surface area contributed by atoms with Gasteiger partial charge in [0.25, 0.3) is 0 Å². The molecule has 2 N–H and O–H groups in total. The van der Waals surface area contributed by atoms with E-state index in [1.54, 1.807) is 11.4 Å². The molecule has 4 heteroatoms. The highest BCUT2D eigenvalue weighted by Crippen LogP contribution is 2.25. The summed E-state index contributed by atoms with van der Waals surface area (Å²) in [7, 11) is 0. The Morgan fingerprint density at radius 3 is 2.60 bits per heavy atom. The van der Waals surface area contributed by atoms with Crippen molar-refractivity contribution in [3.63, 3.8) is 0 Å². The van der Waals surface area contributed by atoms with Crippen molar-refractivity contribution in [1.82, 2.24) is 0 Å². The molecule has 0 aliphatic carbocycles. The minimum atomic E-state index is -0.900.